The van der Waals surface area contributed by atoms with Gasteiger partial charge in [-0.1, -0.05) is 23.7 Å². The molecule has 0 amide bonds. The third-order valence-corrected chi connectivity index (χ3v) is 3.68. The van der Waals surface area contributed by atoms with Gasteiger partial charge in [0.2, 0.25) is 0 Å². The van der Waals surface area contributed by atoms with E-state index in [9.17, 15) is 4.39 Å². The molecule has 0 aliphatic carbocycles. The van der Waals surface area contributed by atoms with Crippen LogP contribution in [0, 0.1) is 26.6 Å². The van der Waals surface area contributed by atoms with Crippen molar-refractivity contribution in [2.45, 2.75) is 20.8 Å². The van der Waals surface area contributed by atoms with E-state index < -0.39 is 5.82 Å². The summed E-state index contributed by atoms with van der Waals surface area (Å²) in [6.45, 7) is 5.75. The molecule has 0 saturated heterocycles. The Bertz CT molecular complexity index is 686. The first-order chi connectivity index (χ1) is 9.32. The maximum Gasteiger partial charge on any atom is 0.188 e. The summed E-state index contributed by atoms with van der Waals surface area (Å²) in [5.41, 5.74) is 14.4. The molecule has 3 nitrogen and oxygen atoms in total. The topological polar surface area (TPSA) is 61.3 Å². The van der Waals surface area contributed by atoms with Crippen LogP contribution in [0.3, 0.4) is 0 Å². The Morgan fingerprint density at radius 3 is 2.25 bits per heavy atom. The molecule has 0 heterocycles. The summed E-state index contributed by atoms with van der Waals surface area (Å²) >= 11 is 5.80. The van der Waals surface area contributed by atoms with Gasteiger partial charge >= 0.3 is 0 Å². The van der Waals surface area contributed by atoms with Gasteiger partial charge in [-0.15, -0.1) is 0 Å². The molecular weight excluding hydrogens is 279 g/mol. The number of hydrogen-bond donors (Lipinski definition) is 2. The van der Waals surface area contributed by atoms with Gasteiger partial charge in [0.05, 0.1) is 11.4 Å². The van der Waals surface area contributed by atoms with E-state index in [1.54, 1.807) is 0 Å². The van der Waals surface area contributed by atoms with Crippen molar-refractivity contribution in [2.75, 3.05) is 11.5 Å². The number of halogens is 2. The van der Waals surface area contributed by atoms with Gasteiger partial charge in [-0.25, -0.2) is 4.39 Å². The van der Waals surface area contributed by atoms with Crippen molar-refractivity contribution in [3.63, 3.8) is 0 Å². The number of nitrogen functional groups attached to an aromatic ring is 2. The highest BCUT2D eigenvalue weighted by Gasteiger charge is 2.18. The van der Waals surface area contributed by atoms with Gasteiger partial charge in [-0.2, -0.15) is 0 Å². The molecule has 4 N–H and O–H groups in total. The average Bonchev–Trinajstić information content (AvgIpc) is 2.40. The Morgan fingerprint density at radius 2 is 1.60 bits per heavy atom. The summed E-state index contributed by atoms with van der Waals surface area (Å²) < 4.78 is 19.8. The molecule has 2 aromatic carbocycles. The second-order valence-corrected chi connectivity index (χ2v) is 5.15. The van der Waals surface area contributed by atoms with Crippen LogP contribution in [0.5, 0.6) is 11.5 Å². The Balaban J connectivity index is 2.57. The van der Waals surface area contributed by atoms with E-state index in [-0.39, 0.29) is 22.1 Å². The molecule has 0 atom stereocenters. The zero-order chi connectivity index (χ0) is 15.0. The van der Waals surface area contributed by atoms with Crippen molar-refractivity contribution < 1.29 is 9.13 Å². The highest BCUT2D eigenvalue weighted by Crippen LogP contribution is 2.40. The molecule has 5 heteroatoms. The standard InChI is InChI=1S/C15H16ClFN2O/c1-7-4-5-8(2)14(9(7)3)20-15-11(19)6-10(18)12(16)13(15)17/h4-6H,18-19H2,1-3H3. The lowest BCUT2D eigenvalue weighted by Crippen LogP contribution is -2.01. The number of anilines is 2. The molecule has 0 saturated carbocycles. The van der Waals surface area contributed by atoms with Gasteiger partial charge in [0.25, 0.3) is 0 Å². The minimum absolute atomic E-state index is 0.0895. The number of aryl methyl sites for hydroxylation is 2. The van der Waals surface area contributed by atoms with Crippen LogP contribution in [0.2, 0.25) is 5.02 Å². The van der Waals surface area contributed by atoms with E-state index in [1.807, 2.05) is 32.9 Å². The average molecular weight is 295 g/mol. The Labute approximate surface area is 122 Å². The molecule has 2 aromatic rings. The minimum atomic E-state index is -0.746. The zero-order valence-electron chi connectivity index (χ0n) is 11.6. The van der Waals surface area contributed by atoms with E-state index >= 15 is 0 Å². The second kappa shape index (κ2) is 5.21. The van der Waals surface area contributed by atoms with Crippen molar-refractivity contribution in [3.05, 3.63) is 45.7 Å². The predicted octanol–water partition coefficient (Wildman–Crippen LogP) is 4.36. The van der Waals surface area contributed by atoms with Crippen LogP contribution in [0.25, 0.3) is 0 Å². The predicted molar refractivity (Wildman–Crippen MR) is 81.0 cm³/mol. The Hall–Kier alpha value is -1.94. The third kappa shape index (κ3) is 2.39. The van der Waals surface area contributed by atoms with Crippen LogP contribution in [0.15, 0.2) is 18.2 Å². The normalized spacial score (nSPS) is 10.7. The van der Waals surface area contributed by atoms with Gasteiger partial charge < -0.3 is 16.2 Å². The first-order valence-corrected chi connectivity index (χ1v) is 6.48. The van der Waals surface area contributed by atoms with Gasteiger partial charge in [0.1, 0.15) is 10.8 Å². The monoisotopic (exact) mass is 294 g/mol. The van der Waals surface area contributed by atoms with Gasteiger partial charge in [-0.05, 0) is 43.5 Å². The first kappa shape index (κ1) is 14.5. The highest BCUT2D eigenvalue weighted by atomic mass is 35.5. The summed E-state index contributed by atoms with van der Waals surface area (Å²) in [4.78, 5) is 0. The number of hydrogen-bond acceptors (Lipinski definition) is 3. The summed E-state index contributed by atoms with van der Waals surface area (Å²) in [6.07, 6.45) is 0. The van der Waals surface area contributed by atoms with Gasteiger partial charge in [0.15, 0.2) is 11.6 Å². The zero-order valence-corrected chi connectivity index (χ0v) is 12.3. The number of benzene rings is 2. The molecule has 20 heavy (non-hydrogen) atoms. The van der Waals surface area contributed by atoms with Crippen LogP contribution >= 0.6 is 11.6 Å². The number of nitrogens with two attached hydrogens (primary N) is 2. The molecule has 0 fully saturated rings. The lowest BCUT2D eigenvalue weighted by molar-refractivity contribution is 0.439. The molecule has 0 aromatic heterocycles. The summed E-state index contributed by atoms with van der Waals surface area (Å²) in [5, 5.41) is -0.183. The van der Waals surface area contributed by atoms with Crippen molar-refractivity contribution >= 4 is 23.0 Å². The van der Waals surface area contributed by atoms with Crippen molar-refractivity contribution in [1.82, 2.24) is 0 Å². The lowest BCUT2D eigenvalue weighted by Gasteiger charge is -2.16. The highest BCUT2D eigenvalue weighted by molar-refractivity contribution is 6.33. The summed E-state index contributed by atoms with van der Waals surface area (Å²) in [6, 6.07) is 5.28. The van der Waals surface area contributed by atoms with Crippen LogP contribution in [0.1, 0.15) is 16.7 Å². The molecule has 0 unspecified atom stereocenters. The summed E-state index contributed by atoms with van der Waals surface area (Å²) in [5.74, 6) is -0.262. The molecule has 0 aliphatic rings. The lowest BCUT2D eigenvalue weighted by atomic mass is 10.1. The number of rotatable bonds is 2. The fourth-order valence-corrected chi connectivity index (χ4v) is 2.08. The maximum atomic E-state index is 14.2. The quantitative estimate of drug-likeness (QED) is 0.809. The largest absolute Gasteiger partial charge is 0.451 e. The van der Waals surface area contributed by atoms with Crippen LogP contribution < -0.4 is 16.2 Å². The van der Waals surface area contributed by atoms with E-state index in [0.29, 0.717) is 5.75 Å². The van der Waals surface area contributed by atoms with E-state index in [4.69, 9.17) is 27.8 Å². The fraction of sp³-hybridized carbons (Fsp3) is 0.200. The number of ether oxygens (including phenoxy) is 1. The smallest absolute Gasteiger partial charge is 0.188 e. The van der Waals surface area contributed by atoms with Crippen LogP contribution in [0.4, 0.5) is 15.8 Å². The molecule has 0 bridgehead atoms. The Morgan fingerprint density at radius 1 is 1.00 bits per heavy atom. The minimum Gasteiger partial charge on any atom is -0.451 e. The SMILES string of the molecule is Cc1ccc(C)c(Oc2c(N)cc(N)c(Cl)c2F)c1C. The van der Waals surface area contributed by atoms with E-state index in [2.05, 4.69) is 0 Å². The summed E-state index contributed by atoms with van der Waals surface area (Å²) in [7, 11) is 0. The molecule has 106 valence electrons. The molecular formula is C15H16ClFN2O. The molecule has 0 aliphatic heterocycles. The molecule has 0 radical (unpaired) electrons. The first-order valence-electron chi connectivity index (χ1n) is 6.10. The van der Waals surface area contributed by atoms with Gasteiger partial charge in [-0.3, -0.25) is 0 Å². The van der Waals surface area contributed by atoms with Crippen molar-refractivity contribution in [2.24, 2.45) is 0 Å². The van der Waals surface area contributed by atoms with Crippen LogP contribution in [-0.4, -0.2) is 0 Å². The van der Waals surface area contributed by atoms with E-state index in [0.717, 1.165) is 16.7 Å². The van der Waals surface area contributed by atoms with Crippen LogP contribution in [-0.2, 0) is 0 Å². The van der Waals surface area contributed by atoms with Crippen molar-refractivity contribution in [3.8, 4) is 11.5 Å². The van der Waals surface area contributed by atoms with Gasteiger partial charge in [0, 0.05) is 0 Å². The van der Waals surface area contributed by atoms with E-state index in [1.165, 1.54) is 6.07 Å². The second-order valence-electron chi connectivity index (χ2n) is 4.77. The Kier molecular flexibility index (Phi) is 3.77. The molecule has 2 rings (SSSR count). The molecule has 0 spiro atoms. The fourth-order valence-electron chi connectivity index (χ4n) is 1.94. The third-order valence-electron chi connectivity index (χ3n) is 3.30. The maximum absolute atomic E-state index is 14.2. The van der Waals surface area contributed by atoms with Crippen molar-refractivity contribution in [1.29, 1.82) is 0 Å².